The number of amides is 1. The van der Waals surface area contributed by atoms with Crippen molar-refractivity contribution < 1.29 is 14.7 Å². The van der Waals surface area contributed by atoms with Crippen molar-refractivity contribution in [1.82, 2.24) is 5.32 Å². The molecule has 0 aliphatic carbocycles. The minimum atomic E-state index is -1.13. The lowest BCUT2D eigenvalue weighted by Crippen LogP contribution is -2.28. The monoisotopic (exact) mass is 303 g/mol. The Kier molecular flexibility index (Phi) is 4.60. The minimum Gasteiger partial charge on any atom is -0.478 e. The van der Waals surface area contributed by atoms with Crippen molar-refractivity contribution in [3.63, 3.8) is 0 Å². The summed E-state index contributed by atoms with van der Waals surface area (Å²) in [5.74, 6) is -1.58. The predicted molar refractivity (Wildman–Crippen MR) is 80.7 cm³/mol. The van der Waals surface area contributed by atoms with Crippen molar-refractivity contribution >= 4 is 23.5 Å². The molecule has 0 spiro atoms. The third kappa shape index (κ3) is 3.41. The Morgan fingerprint density at radius 1 is 1.05 bits per heavy atom. The van der Waals surface area contributed by atoms with Gasteiger partial charge >= 0.3 is 5.97 Å². The van der Waals surface area contributed by atoms with E-state index >= 15 is 0 Å². The first-order valence-corrected chi connectivity index (χ1v) is 6.76. The van der Waals surface area contributed by atoms with Crippen LogP contribution in [0, 0.1) is 0 Å². The van der Waals surface area contributed by atoms with Crippen molar-refractivity contribution in [2.45, 2.75) is 13.0 Å². The zero-order chi connectivity index (χ0) is 15.4. The molecular weight excluding hydrogens is 290 g/mol. The van der Waals surface area contributed by atoms with E-state index in [0.717, 1.165) is 5.56 Å². The van der Waals surface area contributed by atoms with Crippen LogP contribution in [0.25, 0.3) is 0 Å². The molecule has 2 rings (SSSR count). The van der Waals surface area contributed by atoms with Gasteiger partial charge in [-0.25, -0.2) is 4.79 Å². The van der Waals surface area contributed by atoms with Crippen LogP contribution < -0.4 is 5.32 Å². The molecule has 5 heteroatoms. The lowest BCUT2D eigenvalue weighted by Gasteiger charge is -2.16. The number of carboxylic acids is 1. The van der Waals surface area contributed by atoms with Gasteiger partial charge in [0.1, 0.15) is 0 Å². The Balaban J connectivity index is 2.23. The van der Waals surface area contributed by atoms with Crippen LogP contribution in [0.1, 0.15) is 39.2 Å². The summed E-state index contributed by atoms with van der Waals surface area (Å²) in [7, 11) is 0. The zero-order valence-corrected chi connectivity index (χ0v) is 12.1. The zero-order valence-electron chi connectivity index (χ0n) is 11.3. The maximum absolute atomic E-state index is 12.2. The third-order valence-electron chi connectivity index (χ3n) is 3.12. The SMILES string of the molecule is C[C@H](NC(=O)c1ccccc1C(=O)O)c1ccccc1Cl. The van der Waals surface area contributed by atoms with Gasteiger partial charge in [0, 0.05) is 5.02 Å². The van der Waals surface area contributed by atoms with Crippen LogP contribution in [0.2, 0.25) is 5.02 Å². The summed E-state index contributed by atoms with van der Waals surface area (Å²) < 4.78 is 0. The maximum atomic E-state index is 12.2. The second-order valence-electron chi connectivity index (χ2n) is 4.57. The normalized spacial score (nSPS) is 11.7. The Hall–Kier alpha value is -2.33. The highest BCUT2D eigenvalue weighted by molar-refractivity contribution is 6.31. The highest BCUT2D eigenvalue weighted by atomic mass is 35.5. The molecule has 1 atom stereocenters. The van der Waals surface area contributed by atoms with Crippen LogP contribution in [-0.2, 0) is 0 Å². The summed E-state index contributed by atoms with van der Waals surface area (Å²) in [4.78, 5) is 23.4. The number of benzene rings is 2. The summed E-state index contributed by atoms with van der Waals surface area (Å²) in [6, 6.07) is 13.0. The summed E-state index contributed by atoms with van der Waals surface area (Å²) in [6.07, 6.45) is 0. The van der Waals surface area contributed by atoms with Gasteiger partial charge < -0.3 is 10.4 Å². The van der Waals surface area contributed by atoms with Gasteiger partial charge in [-0.2, -0.15) is 0 Å². The first kappa shape index (κ1) is 15.1. The summed E-state index contributed by atoms with van der Waals surface area (Å²) in [5, 5.41) is 12.4. The van der Waals surface area contributed by atoms with Gasteiger partial charge in [0.2, 0.25) is 0 Å². The fraction of sp³-hybridized carbons (Fsp3) is 0.125. The van der Waals surface area contributed by atoms with Crippen LogP contribution in [0.5, 0.6) is 0 Å². The fourth-order valence-electron chi connectivity index (χ4n) is 2.05. The van der Waals surface area contributed by atoms with Crippen molar-refractivity contribution in [3.8, 4) is 0 Å². The second-order valence-corrected chi connectivity index (χ2v) is 4.97. The second kappa shape index (κ2) is 6.41. The molecule has 1 amide bonds. The van der Waals surface area contributed by atoms with E-state index < -0.39 is 11.9 Å². The molecule has 0 aromatic heterocycles. The maximum Gasteiger partial charge on any atom is 0.336 e. The van der Waals surface area contributed by atoms with Gasteiger partial charge in [0.25, 0.3) is 5.91 Å². The van der Waals surface area contributed by atoms with Crippen LogP contribution in [-0.4, -0.2) is 17.0 Å². The molecule has 0 heterocycles. The molecule has 0 saturated carbocycles. The number of carbonyl (C=O) groups excluding carboxylic acids is 1. The molecule has 21 heavy (non-hydrogen) atoms. The lowest BCUT2D eigenvalue weighted by molar-refractivity contribution is 0.0690. The van der Waals surface area contributed by atoms with Gasteiger partial charge in [-0.1, -0.05) is 41.9 Å². The van der Waals surface area contributed by atoms with Crippen molar-refractivity contribution in [3.05, 3.63) is 70.2 Å². The number of carbonyl (C=O) groups is 2. The van der Waals surface area contributed by atoms with Crippen molar-refractivity contribution in [2.75, 3.05) is 0 Å². The molecule has 0 aliphatic rings. The Morgan fingerprint density at radius 2 is 1.62 bits per heavy atom. The van der Waals surface area contributed by atoms with E-state index in [9.17, 15) is 9.59 Å². The topological polar surface area (TPSA) is 66.4 Å². The lowest BCUT2D eigenvalue weighted by atomic mass is 10.0. The summed E-state index contributed by atoms with van der Waals surface area (Å²) in [5.41, 5.74) is 0.880. The van der Waals surface area contributed by atoms with E-state index in [1.807, 2.05) is 12.1 Å². The average Bonchev–Trinajstić information content (AvgIpc) is 2.47. The number of nitrogens with one attached hydrogen (secondary N) is 1. The molecule has 4 nitrogen and oxygen atoms in total. The molecule has 2 aromatic carbocycles. The molecule has 0 saturated heterocycles. The number of hydrogen-bond acceptors (Lipinski definition) is 2. The molecule has 0 unspecified atom stereocenters. The van der Waals surface area contributed by atoms with Gasteiger partial charge in [-0.3, -0.25) is 4.79 Å². The summed E-state index contributed by atoms with van der Waals surface area (Å²) >= 11 is 6.08. The van der Waals surface area contributed by atoms with Crippen molar-refractivity contribution in [1.29, 1.82) is 0 Å². The minimum absolute atomic E-state index is 0.0265. The highest BCUT2D eigenvalue weighted by Gasteiger charge is 2.18. The number of rotatable bonds is 4. The molecule has 0 radical (unpaired) electrons. The van der Waals surface area contributed by atoms with E-state index in [1.54, 1.807) is 31.2 Å². The first-order chi connectivity index (χ1) is 10.0. The van der Waals surface area contributed by atoms with E-state index in [2.05, 4.69) is 5.32 Å². The standard InChI is InChI=1S/C16H14ClNO3/c1-10(11-6-4-5-9-14(11)17)18-15(19)12-7-2-3-8-13(12)16(20)21/h2-10H,1H3,(H,18,19)(H,20,21)/t10-/m0/s1. The number of carboxylic acid groups (broad SMARTS) is 1. The first-order valence-electron chi connectivity index (χ1n) is 6.38. The van der Waals surface area contributed by atoms with E-state index in [4.69, 9.17) is 16.7 Å². The number of aromatic carboxylic acids is 1. The van der Waals surface area contributed by atoms with E-state index in [0.29, 0.717) is 5.02 Å². The van der Waals surface area contributed by atoms with E-state index in [1.165, 1.54) is 12.1 Å². The predicted octanol–water partition coefficient (Wildman–Crippen LogP) is 3.53. The third-order valence-corrected chi connectivity index (χ3v) is 3.47. The smallest absolute Gasteiger partial charge is 0.336 e. The fourth-order valence-corrected chi connectivity index (χ4v) is 2.35. The van der Waals surface area contributed by atoms with Gasteiger partial charge in [0.15, 0.2) is 0 Å². The van der Waals surface area contributed by atoms with Crippen molar-refractivity contribution in [2.24, 2.45) is 0 Å². The van der Waals surface area contributed by atoms with Gasteiger partial charge in [-0.05, 0) is 30.7 Å². The Morgan fingerprint density at radius 3 is 2.24 bits per heavy atom. The quantitative estimate of drug-likeness (QED) is 0.908. The van der Waals surface area contributed by atoms with Crippen LogP contribution in [0.15, 0.2) is 48.5 Å². The Labute approximate surface area is 127 Å². The molecule has 0 aliphatic heterocycles. The van der Waals surface area contributed by atoms with E-state index in [-0.39, 0.29) is 17.2 Å². The van der Waals surface area contributed by atoms with Crippen LogP contribution in [0.4, 0.5) is 0 Å². The average molecular weight is 304 g/mol. The van der Waals surface area contributed by atoms with Crippen LogP contribution >= 0.6 is 11.6 Å². The molecule has 2 aromatic rings. The Bertz CT molecular complexity index is 685. The largest absolute Gasteiger partial charge is 0.478 e. The molecule has 0 bridgehead atoms. The highest BCUT2D eigenvalue weighted by Crippen LogP contribution is 2.22. The van der Waals surface area contributed by atoms with Gasteiger partial charge in [-0.15, -0.1) is 0 Å². The van der Waals surface area contributed by atoms with Gasteiger partial charge in [0.05, 0.1) is 17.2 Å². The molecule has 2 N–H and O–H groups in total. The van der Waals surface area contributed by atoms with Crippen LogP contribution in [0.3, 0.4) is 0 Å². The molecule has 0 fully saturated rings. The summed E-state index contributed by atoms with van der Waals surface area (Å²) in [6.45, 7) is 1.79. The number of halogens is 1. The molecular formula is C16H14ClNO3. The molecule has 108 valence electrons. The number of hydrogen-bond donors (Lipinski definition) is 2.